The van der Waals surface area contributed by atoms with E-state index in [2.05, 4.69) is 11.9 Å². The average molecular weight is 251 g/mol. The van der Waals surface area contributed by atoms with Crippen LogP contribution >= 0.6 is 0 Å². The SMILES string of the molecule is C=CCCC(=O)N[C@@H](C(=O)O)c1ccccc1F. The van der Waals surface area contributed by atoms with E-state index in [0.717, 1.165) is 6.07 Å². The first-order valence-electron chi connectivity index (χ1n) is 5.43. The molecule has 0 fully saturated rings. The Morgan fingerprint density at radius 1 is 1.44 bits per heavy atom. The van der Waals surface area contributed by atoms with E-state index < -0.39 is 23.7 Å². The molecule has 18 heavy (non-hydrogen) atoms. The van der Waals surface area contributed by atoms with Gasteiger partial charge in [0.15, 0.2) is 6.04 Å². The molecule has 96 valence electrons. The van der Waals surface area contributed by atoms with E-state index in [1.165, 1.54) is 18.2 Å². The fraction of sp³-hybridized carbons (Fsp3) is 0.231. The van der Waals surface area contributed by atoms with Gasteiger partial charge in [0.25, 0.3) is 0 Å². The quantitative estimate of drug-likeness (QED) is 0.760. The first kappa shape index (κ1) is 13.9. The molecule has 2 N–H and O–H groups in total. The van der Waals surface area contributed by atoms with Crippen molar-refractivity contribution in [3.05, 3.63) is 48.3 Å². The van der Waals surface area contributed by atoms with Crippen molar-refractivity contribution < 1.29 is 19.1 Å². The number of hydrogen-bond acceptors (Lipinski definition) is 2. The smallest absolute Gasteiger partial charge is 0.331 e. The molecule has 1 atom stereocenters. The highest BCUT2D eigenvalue weighted by atomic mass is 19.1. The monoisotopic (exact) mass is 251 g/mol. The molecule has 0 aliphatic carbocycles. The third-order valence-electron chi connectivity index (χ3n) is 2.34. The third-order valence-corrected chi connectivity index (χ3v) is 2.34. The van der Waals surface area contributed by atoms with Crippen LogP contribution in [0.15, 0.2) is 36.9 Å². The first-order chi connectivity index (χ1) is 8.56. The number of benzene rings is 1. The molecule has 0 bridgehead atoms. The predicted octanol–water partition coefficient (Wildman–Crippen LogP) is 2.03. The summed E-state index contributed by atoms with van der Waals surface area (Å²) in [6.45, 7) is 3.46. The summed E-state index contributed by atoms with van der Waals surface area (Å²) in [7, 11) is 0. The van der Waals surface area contributed by atoms with Crippen LogP contribution in [0.1, 0.15) is 24.4 Å². The molecule has 0 heterocycles. The van der Waals surface area contributed by atoms with E-state index in [1.54, 1.807) is 6.08 Å². The molecule has 1 rings (SSSR count). The molecule has 0 aromatic heterocycles. The van der Waals surface area contributed by atoms with E-state index in [1.807, 2.05) is 0 Å². The van der Waals surface area contributed by atoms with Gasteiger partial charge in [0, 0.05) is 12.0 Å². The number of carboxylic acids is 1. The molecule has 1 aromatic carbocycles. The summed E-state index contributed by atoms with van der Waals surface area (Å²) in [6.07, 6.45) is 2.12. The second kappa shape index (κ2) is 6.54. The van der Waals surface area contributed by atoms with Crippen molar-refractivity contribution in [1.29, 1.82) is 0 Å². The van der Waals surface area contributed by atoms with Crippen LogP contribution in [0.25, 0.3) is 0 Å². The van der Waals surface area contributed by atoms with Gasteiger partial charge in [-0.2, -0.15) is 0 Å². The maximum atomic E-state index is 13.5. The molecule has 0 saturated heterocycles. The Hall–Kier alpha value is -2.17. The van der Waals surface area contributed by atoms with Crippen LogP contribution in [-0.4, -0.2) is 17.0 Å². The molecule has 0 aliphatic rings. The molecular weight excluding hydrogens is 237 g/mol. The van der Waals surface area contributed by atoms with Gasteiger partial charge in [0.2, 0.25) is 5.91 Å². The van der Waals surface area contributed by atoms with Gasteiger partial charge in [0.05, 0.1) is 0 Å². The minimum absolute atomic E-state index is 0.0584. The van der Waals surface area contributed by atoms with Crippen LogP contribution in [0.2, 0.25) is 0 Å². The van der Waals surface area contributed by atoms with Gasteiger partial charge in [-0.1, -0.05) is 24.3 Å². The van der Waals surface area contributed by atoms with Crippen molar-refractivity contribution in [3.8, 4) is 0 Å². The fourth-order valence-electron chi connectivity index (χ4n) is 1.45. The van der Waals surface area contributed by atoms with Crippen molar-refractivity contribution >= 4 is 11.9 Å². The average Bonchev–Trinajstić information content (AvgIpc) is 2.34. The van der Waals surface area contributed by atoms with Crippen LogP contribution in [0.3, 0.4) is 0 Å². The maximum absolute atomic E-state index is 13.5. The van der Waals surface area contributed by atoms with Gasteiger partial charge in [-0.15, -0.1) is 6.58 Å². The molecule has 0 radical (unpaired) electrons. The lowest BCUT2D eigenvalue weighted by atomic mass is 10.1. The summed E-state index contributed by atoms with van der Waals surface area (Å²) in [5.74, 6) is -2.41. The van der Waals surface area contributed by atoms with Crippen molar-refractivity contribution in [2.24, 2.45) is 0 Å². The van der Waals surface area contributed by atoms with Crippen molar-refractivity contribution in [2.75, 3.05) is 0 Å². The molecule has 0 spiro atoms. The number of halogens is 1. The number of hydrogen-bond donors (Lipinski definition) is 2. The number of carbonyl (C=O) groups excluding carboxylic acids is 1. The standard InChI is InChI=1S/C13H14FNO3/c1-2-3-8-11(16)15-12(13(17)18)9-6-4-5-7-10(9)14/h2,4-7,12H,1,3,8H2,(H,15,16)(H,17,18)/t12-/m1/s1. The second-order valence-electron chi connectivity index (χ2n) is 3.69. The van der Waals surface area contributed by atoms with Gasteiger partial charge in [-0.25, -0.2) is 9.18 Å². The Balaban J connectivity index is 2.84. The zero-order valence-corrected chi connectivity index (χ0v) is 9.73. The lowest BCUT2D eigenvalue weighted by Gasteiger charge is -2.15. The number of aliphatic carboxylic acids is 1. The van der Waals surface area contributed by atoms with Crippen molar-refractivity contribution in [1.82, 2.24) is 5.32 Å². The van der Waals surface area contributed by atoms with Crippen LogP contribution < -0.4 is 5.32 Å². The Labute approximate surface area is 104 Å². The highest BCUT2D eigenvalue weighted by Crippen LogP contribution is 2.17. The van der Waals surface area contributed by atoms with Crippen molar-refractivity contribution in [3.63, 3.8) is 0 Å². The van der Waals surface area contributed by atoms with E-state index in [4.69, 9.17) is 5.11 Å². The summed E-state index contributed by atoms with van der Waals surface area (Å²) in [5, 5.41) is 11.3. The first-order valence-corrected chi connectivity index (χ1v) is 5.43. The van der Waals surface area contributed by atoms with Gasteiger partial charge in [-0.3, -0.25) is 4.79 Å². The molecular formula is C13H14FNO3. The minimum Gasteiger partial charge on any atom is -0.479 e. The molecule has 0 unspecified atom stereocenters. The highest BCUT2D eigenvalue weighted by molar-refractivity contribution is 5.84. The molecule has 0 aliphatic heterocycles. The normalized spacial score (nSPS) is 11.6. The zero-order chi connectivity index (χ0) is 13.5. The molecule has 0 saturated carbocycles. The third kappa shape index (κ3) is 3.69. The van der Waals surface area contributed by atoms with Gasteiger partial charge in [0.1, 0.15) is 5.82 Å². The fourth-order valence-corrected chi connectivity index (χ4v) is 1.45. The Morgan fingerprint density at radius 2 is 2.11 bits per heavy atom. The molecule has 5 heteroatoms. The maximum Gasteiger partial charge on any atom is 0.331 e. The number of carbonyl (C=O) groups is 2. The summed E-state index contributed by atoms with van der Waals surface area (Å²) in [5.41, 5.74) is -0.0584. The van der Waals surface area contributed by atoms with Crippen LogP contribution in [-0.2, 0) is 9.59 Å². The number of amides is 1. The number of nitrogens with one attached hydrogen (secondary N) is 1. The van der Waals surface area contributed by atoms with Crippen molar-refractivity contribution in [2.45, 2.75) is 18.9 Å². The Kier molecular flexibility index (Phi) is 5.05. The predicted molar refractivity (Wildman–Crippen MR) is 64.4 cm³/mol. The molecule has 1 aromatic rings. The largest absolute Gasteiger partial charge is 0.479 e. The van der Waals surface area contributed by atoms with E-state index in [0.29, 0.717) is 6.42 Å². The molecule has 4 nitrogen and oxygen atoms in total. The Morgan fingerprint density at radius 3 is 2.67 bits per heavy atom. The van der Waals surface area contributed by atoms with Gasteiger partial charge < -0.3 is 10.4 Å². The molecule has 1 amide bonds. The highest BCUT2D eigenvalue weighted by Gasteiger charge is 2.24. The number of carboxylic acid groups (broad SMARTS) is 1. The van der Waals surface area contributed by atoms with E-state index in [-0.39, 0.29) is 12.0 Å². The van der Waals surface area contributed by atoms with Crippen LogP contribution in [0.5, 0.6) is 0 Å². The second-order valence-corrected chi connectivity index (χ2v) is 3.69. The van der Waals surface area contributed by atoms with Crippen LogP contribution in [0, 0.1) is 5.82 Å². The summed E-state index contributed by atoms with van der Waals surface area (Å²) < 4.78 is 13.5. The lowest BCUT2D eigenvalue weighted by Crippen LogP contribution is -2.34. The van der Waals surface area contributed by atoms with Gasteiger partial charge >= 0.3 is 5.97 Å². The van der Waals surface area contributed by atoms with E-state index in [9.17, 15) is 14.0 Å². The zero-order valence-electron chi connectivity index (χ0n) is 9.73. The number of allylic oxidation sites excluding steroid dienone is 1. The van der Waals surface area contributed by atoms with Crippen LogP contribution in [0.4, 0.5) is 4.39 Å². The van der Waals surface area contributed by atoms with Gasteiger partial charge in [-0.05, 0) is 12.5 Å². The number of rotatable bonds is 6. The van der Waals surface area contributed by atoms with E-state index >= 15 is 0 Å². The summed E-state index contributed by atoms with van der Waals surface area (Å²) >= 11 is 0. The summed E-state index contributed by atoms with van der Waals surface area (Å²) in [4.78, 5) is 22.5. The topological polar surface area (TPSA) is 66.4 Å². The lowest BCUT2D eigenvalue weighted by molar-refractivity contribution is -0.142. The summed E-state index contributed by atoms with van der Waals surface area (Å²) in [6, 6.07) is 4.09. The minimum atomic E-state index is -1.37. The Bertz CT molecular complexity index is 459.